The van der Waals surface area contributed by atoms with Gasteiger partial charge < -0.3 is 9.84 Å². The zero-order valence-electron chi connectivity index (χ0n) is 9.90. The first kappa shape index (κ1) is 12.1. The number of aryl methyl sites for hydroxylation is 1. The van der Waals surface area contributed by atoms with E-state index in [9.17, 15) is 9.90 Å². The number of benzene rings is 1. The summed E-state index contributed by atoms with van der Waals surface area (Å²) in [5.74, 6) is -0.847. The molecule has 4 heteroatoms. The standard InChI is InChI=1S/C13H17NO3/c1-10-4-2-3-5-11(10)8-13(12(15)16)9-17-7-6-14-13/h2-5,14H,6-9H2,1H3,(H,15,16). The molecule has 0 radical (unpaired) electrons. The lowest BCUT2D eigenvalue weighted by atomic mass is 9.89. The molecule has 0 amide bonds. The fraction of sp³-hybridized carbons (Fsp3) is 0.462. The van der Waals surface area contributed by atoms with Gasteiger partial charge in [-0.15, -0.1) is 0 Å². The Hall–Kier alpha value is -1.39. The van der Waals surface area contributed by atoms with E-state index in [1.54, 1.807) is 0 Å². The molecule has 1 unspecified atom stereocenters. The van der Waals surface area contributed by atoms with Crippen LogP contribution in [0.5, 0.6) is 0 Å². The van der Waals surface area contributed by atoms with Gasteiger partial charge in [0.15, 0.2) is 0 Å². The van der Waals surface area contributed by atoms with Crippen LogP contribution in [0.1, 0.15) is 11.1 Å². The Bertz CT molecular complexity index is 411. The lowest BCUT2D eigenvalue weighted by molar-refractivity contribution is -0.150. The van der Waals surface area contributed by atoms with E-state index in [0.29, 0.717) is 19.6 Å². The zero-order valence-corrected chi connectivity index (χ0v) is 9.90. The molecule has 1 saturated heterocycles. The Morgan fingerprint density at radius 1 is 1.53 bits per heavy atom. The smallest absolute Gasteiger partial charge is 0.326 e. The molecule has 17 heavy (non-hydrogen) atoms. The number of morpholine rings is 1. The van der Waals surface area contributed by atoms with Crippen LogP contribution >= 0.6 is 0 Å². The molecule has 0 aromatic heterocycles. The van der Waals surface area contributed by atoms with E-state index in [2.05, 4.69) is 5.32 Å². The highest BCUT2D eigenvalue weighted by molar-refractivity contribution is 5.79. The molecule has 1 aromatic carbocycles. The first-order valence-corrected chi connectivity index (χ1v) is 5.75. The number of nitrogens with one attached hydrogen (secondary N) is 1. The number of hydrogen-bond donors (Lipinski definition) is 2. The Balaban J connectivity index is 2.24. The zero-order chi connectivity index (χ0) is 12.3. The predicted octanol–water partition coefficient (Wildman–Crippen LogP) is 0.981. The van der Waals surface area contributed by atoms with E-state index in [1.165, 1.54) is 0 Å². The molecule has 0 bridgehead atoms. The van der Waals surface area contributed by atoms with Crippen molar-refractivity contribution in [2.75, 3.05) is 19.8 Å². The second kappa shape index (κ2) is 4.85. The quantitative estimate of drug-likeness (QED) is 0.820. The third-order valence-electron chi connectivity index (χ3n) is 3.22. The summed E-state index contributed by atoms with van der Waals surface area (Å²) >= 11 is 0. The monoisotopic (exact) mass is 235 g/mol. The van der Waals surface area contributed by atoms with E-state index >= 15 is 0 Å². The summed E-state index contributed by atoms with van der Waals surface area (Å²) in [5, 5.41) is 12.5. The Morgan fingerprint density at radius 3 is 2.88 bits per heavy atom. The number of carboxylic acids is 1. The highest BCUT2D eigenvalue weighted by atomic mass is 16.5. The number of aliphatic carboxylic acids is 1. The van der Waals surface area contributed by atoms with Crippen molar-refractivity contribution in [2.45, 2.75) is 18.9 Å². The minimum atomic E-state index is -0.982. The summed E-state index contributed by atoms with van der Waals surface area (Å²) in [6.07, 6.45) is 0.453. The molecular formula is C13H17NO3. The van der Waals surface area contributed by atoms with Gasteiger partial charge in [-0.2, -0.15) is 0 Å². The fourth-order valence-corrected chi connectivity index (χ4v) is 2.12. The van der Waals surface area contributed by atoms with E-state index in [4.69, 9.17) is 4.74 Å². The molecule has 92 valence electrons. The van der Waals surface area contributed by atoms with Gasteiger partial charge in [-0.25, -0.2) is 0 Å². The van der Waals surface area contributed by atoms with Crippen LogP contribution in [-0.4, -0.2) is 36.4 Å². The van der Waals surface area contributed by atoms with Crippen LogP contribution in [-0.2, 0) is 16.0 Å². The number of ether oxygens (including phenoxy) is 1. The van der Waals surface area contributed by atoms with Crippen molar-refractivity contribution in [1.29, 1.82) is 0 Å². The van der Waals surface area contributed by atoms with Gasteiger partial charge in [-0.1, -0.05) is 24.3 Å². The highest BCUT2D eigenvalue weighted by Gasteiger charge is 2.40. The third kappa shape index (κ3) is 2.48. The van der Waals surface area contributed by atoms with Crippen molar-refractivity contribution in [3.63, 3.8) is 0 Å². The Morgan fingerprint density at radius 2 is 2.29 bits per heavy atom. The molecule has 2 rings (SSSR count). The van der Waals surface area contributed by atoms with Crippen LogP contribution in [0.3, 0.4) is 0 Å². The average Bonchev–Trinajstić information content (AvgIpc) is 2.33. The highest BCUT2D eigenvalue weighted by Crippen LogP contribution is 2.19. The molecule has 0 aliphatic carbocycles. The maximum absolute atomic E-state index is 11.4. The molecule has 1 fully saturated rings. The second-order valence-electron chi connectivity index (χ2n) is 4.47. The van der Waals surface area contributed by atoms with Crippen LogP contribution < -0.4 is 5.32 Å². The van der Waals surface area contributed by atoms with Crippen molar-refractivity contribution in [1.82, 2.24) is 5.32 Å². The van der Waals surface area contributed by atoms with E-state index in [1.807, 2.05) is 31.2 Å². The molecule has 1 aromatic rings. The van der Waals surface area contributed by atoms with Gasteiger partial charge in [0, 0.05) is 13.0 Å². The topological polar surface area (TPSA) is 58.6 Å². The van der Waals surface area contributed by atoms with E-state index in [0.717, 1.165) is 11.1 Å². The molecule has 0 saturated carbocycles. The summed E-state index contributed by atoms with van der Waals surface area (Å²) in [7, 11) is 0. The first-order chi connectivity index (χ1) is 8.14. The van der Waals surface area contributed by atoms with Crippen LogP contribution in [0.4, 0.5) is 0 Å². The maximum atomic E-state index is 11.4. The summed E-state index contributed by atoms with van der Waals surface area (Å²) < 4.78 is 5.32. The second-order valence-corrected chi connectivity index (χ2v) is 4.47. The van der Waals surface area contributed by atoms with Gasteiger partial charge in [0.05, 0.1) is 13.2 Å². The number of rotatable bonds is 3. The molecule has 1 heterocycles. The van der Waals surface area contributed by atoms with Gasteiger partial charge in [0.2, 0.25) is 0 Å². The van der Waals surface area contributed by atoms with Crippen LogP contribution in [0.15, 0.2) is 24.3 Å². The van der Waals surface area contributed by atoms with Crippen molar-refractivity contribution in [3.8, 4) is 0 Å². The predicted molar refractivity (Wildman–Crippen MR) is 64.1 cm³/mol. The summed E-state index contributed by atoms with van der Waals surface area (Å²) in [6.45, 7) is 3.37. The average molecular weight is 235 g/mol. The number of carbonyl (C=O) groups is 1. The maximum Gasteiger partial charge on any atom is 0.326 e. The Labute approximate surface area is 101 Å². The summed E-state index contributed by atoms with van der Waals surface area (Å²) in [4.78, 5) is 11.4. The molecule has 1 aliphatic rings. The van der Waals surface area contributed by atoms with Gasteiger partial charge >= 0.3 is 5.97 Å². The normalized spacial score (nSPS) is 24.5. The molecule has 1 aliphatic heterocycles. The fourth-order valence-electron chi connectivity index (χ4n) is 2.12. The van der Waals surface area contributed by atoms with Gasteiger partial charge in [0.25, 0.3) is 0 Å². The Kier molecular flexibility index (Phi) is 3.45. The van der Waals surface area contributed by atoms with Crippen LogP contribution in [0.2, 0.25) is 0 Å². The molecule has 1 atom stereocenters. The van der Waals surface area contributed by atoms with Gasteiger partial charge in [-0.05, 0) is 18.1 Å². The molecule has 0 spiro atoms. The van der Waals surface area contributed by atoms with Crippen molar-refractivity contribution >= 4 is 5.97 Å². The minimum absolute atomic E-state index is 0.219. The van der Waals surface area contributed by atoms with E-state index in [-0.39, 0.29) is 6.61 Å². The molecule has 2 N–H and O–H groups in total. The minimum Gasteiger partial charge on any atom is -0.480 e. The van der Waals surface area contributed by atoms with Crippen LogP contribution in [0.25, 0.3) is 0 Å². The van der Waals surface area contributed by atoms with Crippen LogP contribution in [0, 0.1) is 6.92 Å². The first-order valence-electron chi connectivity index (χ1n) is 5.75. The SMILES string of the molecule is Cc1ccccc1CC1(C(=O)O)COCCN1. The van der Waals surface area contributed by atoms with Crippen molar-refractivity contribution in [3.05, 3.63) is 35.4 Å². The van der Waals surface area contributed by atoms with Crippen molar-refractivity contribution in [2.24, 2.45) is 0 Å². The van der Waals surface area contributed by atoms with Gasteiger partial charge in [-0.3, -0.25) is 10.1 Å². The summed E-state index contributed by atoms with van der Waals surface area (Å²) in [6, 6.07) is 7.85. The van der Waals surface area contributed by atoms with Gasteiger partial charge in [0.1, 0.15) is 5.54 Å². The third-order valence-corrected chi connectivity index (χ3v) is 3.22. The summed E-state index contributed by atoms with van der Waals surface area (Å²) in [5.41, 5.74) is 1.18. The lowest BCUT2D eigenvalue weighted by Gasteiger charge is -2.34. The largest absolute Gasteiger partial charge is 0.480 e. The molecule has 4 nitrogen and oxygen atoms in total. The molecular weight excluding hydrogens is 218 g/mol. The lowest BCUT2D eigenvalue weighted by Crippen LogP contribution is -2.61. The van der Waals surface area contributed by atoms with E-state index < -0.39 is 11.5 Å². The number of carboxylic acid groups (broad SMARTS) is 1. The van der Waals surface area contributed by atoms with Crippen molar-refractivity contribution < 1.29 is 14.6 Å². The number of hydrogen-bond acceptors (Lipinski definition) is 3.